The lowest BCUT2D eigenvalue weighted by molar-refractivity contribution is -0.224. The highest BCUT2D eigenvalue weighted by atomic mass is 16.6. The van der Waals surface area contributed by atoms with Gasteiger partial charge in [0.05, 0.1) is 5.92 Å². The lowest BCUT2D eigenvalue weighted by Crippen LogP contribution is -2.65. The van der Waals surface area contributed by atoms with Gasteiger partial charge in [0.2, 0.25) is 0 Å². The molecule has 7 atom stereocenters. The number of carbonyl (C=O) groups is 2. The number of carbonyl (C=O) groups excluding carboxylic acids is 2. The summed E-state index contributed by atoms with van der Waals surface area (Å²) in [7, 11) is 0. The second-order valence-corrected chi connectivity index (χ2v) is 7.78. The van der Waals surface area contributed by atoms with Crippen molar-refractivity contribution < 1.29 is 24.2 Å². The predicted molar refractivity (Wildman–Crippen MR) is 93.8 cm³/mol. The molecule has 1 saturated heterocycles. The van der Waals surface area contributed by atoms with Crippen LogP contribution in [0.15, 0.2) is 17.4 Å². The van der Waals surface area contributed by atoms with Crippen LogP contribution in [-0.2, 0) is 19.1 Å². The van der Waals surface area contributed by atoms with Gasteiger partial charge in [0.25, 0.3) is 0 Å². The number of ketones is 1. The Bertz CT molecular complexity index is 603. The minimum atomic E-state index is -1.19. The SMILES string of the molecule is CCC1OC(=O)C(C)C(O)C2OC(C)(CC(C)C(C)C=C=C1C)C2=O. The van der Waals surface area contributed by atoms with Crippen LogP contribution in [0, 0.1) is 17.8 Å². The fourth-order valence-electron chi connectivity index (χ4n) is 3.46. The van der Waals surface area contributed by atoms with E-state index in [2.05, 4.69) is 19.6 Å². The minimum absolute atomic E-state index is 0.140. The van der Waals surface area contributed by atoms with E-state index in [0.717, 1.165) is 5.57 Å². The molecule has 0 aromatic rings. The Morgan fingerprint density at radius 1 is 1.32 bits per heavy atom. The van der Waals surface area contributed by atoms with Crippen molar-refractivity contribution in [1.82, 2.24) is 0 Å². The predicted octanol–water partition coefficient (Wildman–Crippen LogP) is 2.81. The number of aliphatic hydroxyl groups excluding tert-OH is 1. The monoisotopic (exact) mass is 350 g/mol. The molecule has 3 aliphatic heterocycles. The zero-order valence-electron chi connectivity index (χ0n) is 16.0. The van der Waals surface area contributed by atoms with Crippen LogP contribution in [0.4, 0.5) is 0 Å². The third-order valence-corrected chi connectivity index (χ3v) is 5.66. The molecule has 0 spiro atoms. The molecule has 3 aliphatic rings. The van der Waals surface area contributed by atoms with Crippen molar-refractivity contribution in [2.75, 3.05) is 0 Å². The summed E-state index contributed by atoms with van der Waals surface area (Å²) in [5.41, 5.74) is 3.20. The first-order chi connectivity index (χ1) is 11.6. The maximum absolute atomic E-state index is 12.6. The van der Waals surface area contributed by atoms with Gasteiger partial charge in [-0.2, -0.15) is 0 Å². The molecule has 0 amide bonds. The Kier molecular flexibility index (Phi) is 5.93. The summed E-state index contributed by atoms with van der Waals surface area (Å²) in [6, 6.07) is 0. The number of ether oxygens (including phenoxy) is 2. The first-order valence-corrected chi connectivity index (χ1v) is 9.14. The van der Waals surface area contributed by atoms with Crippen LogP contribution >= 0.6 is 0 Å². The molecule has 0 aromatic heterocycles. The number of hydrogen-bond donors (Lipinski definition) is 1. The second-order valence-electron chi connectivity index (χ2n) is 7.78. The van der Waals surface area contributed by atoms with Crippen LogP contribution in [-0.4, -0.2) is 40.8 Å². The summed E-state index contributed by atoms with van der Waals surface area (Å²) >= 11 is 0. The van der Waals surface area contributed by atoms with Gasteiger partial charge in [-0.25, -0.2) is 0 Å². The van der Waals surface area contributed by atoms with Crippen molar-refractivity contribution >= 4 is 11.8 Å². The smallest absolute Gasteiger partial charge is 0.312 e. The van der Waals surface area contributed by atoms with Gasteiger partial charge in [0.15, 0.2) is 5.78 Å². The van der Waals surface area contributed by atoms with Gasteiger partial charge in [0.1, 0.15) is 23.9 Å². The van der Waals surface area contributed by atoms with Crippen LogP contribution in [0.25, 0.3) is 0 Å². The molecule has 3 rings (SSSR count). The van der Waals surface area contributed by atoms with Crippen molar-refractivity contribution in [1.29, 1.82) is 0 Å². The number of fused-ring (bicyclic) bond motifs is 8. The van der Waals surface area contributed by atoms with Crippen LogP contribution in [0.1, 0.15) is 54.4 Å². The van der Waals surface area contributed by atoms with E-state index in [1.54, 1.807) is 13.8 Å². The highest BCUT2D eigenvalue weighted by Gasteiger charge is 2.56. The average molecular weight is 350 g/mol. The van der Waals surface area contributed by atoms with Gasteiger partial charge < -0.3 is 14.6 Å². The Labute approximate surface area is 150 Å². The van der Waals surface area contributed by atoms with E-state index in [1.807, 2.05) is 19.9 Å². The van der Waals surface area contributed by atoms with Crippen molar-refractivity contribution in [3.8, 4) is 0 Å². The van der Waals surface area contributed by atoms with Crippen LogP contribution < -0.4 is 0 Å². The van der Waals surface area contributed by atoms with E-state index in [9.17, 15) is 14.7 Å². The van der Waals surface area contributed by atoms with Gasteiger partial charge in [-0.3, -0.25) is 9.59 Å². The highest BCUT2D eigenvalue weighted by Crippen LogP contribution is 2.39. The molecule has 5 nitrogen and oxygen atoms in total. The van der Waals surface area contributed by atoms with Crippen molar-refractivity contribution in [3.63, 3.8) is 0 Å². The highest BCUT2D eigenvalue weighted by molar-refractivity contribution is 5.96. The summed E-state index contributed by atoms with van der Waals surface area (Å²) in [6.45, 7) is 11.3. The van der Waals surface area contributed by atoms with Crippen LogP contribution in [0.2, 0.25) is 0 Å². The molecule has 25 heavy (non-hydrogen) atoms. The van der Waals surface area contributed by atoms with E-state index >= 15 is 0 Å². The molecule has 1 N–H and O–H groups in total. The van der Waals surface area contributed by atoms with Gasteiger partial charge in [0, 0.05) is 5.57 Å². The third kappa shape index (κ3) is 3.89. The van der Waals surface area contributed by atoms with Crippen molar-refractivity contribution in [3.05, 3.63) is 17.4 Å². The van der Waals surface area contributed by atoms with E-state index in [-0.39, 0.29) is 23.7 Å². The second kappa shape index (κ2) is 7.45. The van der Waals surface area contributed by atoms with E-state index in [1.165, 1.54) is 0 Å². The summed E-state index contributed by atoms with van der Waals surface area (Å²) in [5, 5.41) is 10.4. The molecule has 2 bridgehead atoms. The summed E-state index contributed by atoms with van der Waals surface area (Å²) < 4.78 is 11.3. The maximum atomic E-state index is 12.6. The number of esters is 1. The lowest BCUT2D eigenvalue weighted by Gasteiger charge is -2.47. The number of aliphatic hydroxyl groups is 1. The minimum Gasteiger partial charge on any atom is -0.457 e. The molecule has 3 heterocycles. The largest absolute Gasteiger partial charge is 0.457 e. The van der Waals surface area contributed by atoms with Gasteiger partial charge in [-0.1, -0.05) is 20.8 Å². The average Bonchev–Trinajstić information content (AvgIpc) is 2.59. The zero-order valence-corrected chi connectivity index (χ0v) is 16.0. The molecule has 1 fully saturated rings. The summed E-state index contributed by atoms with van der Waals surface area (Å²) in [6.07, 6.45) is 0.647. The maximum Gasteiger partial charge on any atom is 0.312 e. The Hall–Kier alpha value is -1.42. The fraction of sp³-hybridized carbons (Fsp3) is 0.750. The first kappa shape index (κ1) is 19.9. The quantitative estimate of drug-likeness (QED) is 0.581. The van der Waals surface area contributed by atoms with Gasteiger partial charge in [-0.15, -0.1) is 5.73 Å². The Balaban J connectivity index is 2.37. The molecule has 0 saturated carbocycles. The molecule has 0 aliphatic carbocycles. The number of Topliss-reactive ketones (excluding diaryl/α,β-unsaturated/α-hetero) is 1. The Morgan fingerprint density at radius 2 is 1.96 bits per heavy atom. The molecular formula is C20H30O5. The fourth-order valence-corrected chi connectivity index (χ4v) is 3.46. The lowest BCUT2D eigenvalue weighted by atomic mass is 9.75. The third-order valence-electron chi connectivity index (χ3n) is 5.66. The molecule has 0 radical (unpaired) electrons. The standard InChI is InChI=1S/C20H30O5/c1-7-15-12(3)9-8-11(2)13(4)10-20(6)18(22)17(25-20)16(21)14(5)19(23)24-15/h8,11,13-17,21H,7,10H2,1-6H3. The molecule has 140 valence electrons. The van der Waals surface area contributed by atoms with Crippen LogP contribution in [0.3, 0.4) is 0 Å². The molecule has 0 aromatic carbocycles. The number of rotatable bonds is 1. The van der Waals surface area contributed by atoms with Crippen LogP contribution in [0.5, 0.6) is 0 Å². The van der Waals surface area contributed by atoms with E-state index in [0.29, 0.717) is 12.8 Å². The molecular weight excluding hydrogens is 320 g/mol. The van der Waals surface area contributed by atoms with Crippen molar-refractivity contribution in [2.24, 2.45) is 17.8 Å². The van der Waals surface area contributed by atoms with Gasteiger partial charge >= 0.3 is 5.97 Å². The summed E-state index contributed by atoms with van der Waals surface area (Å²) in [5.74, 6) is -1.08. The van der Waals surface area contributed by atoms with Gasteiger partial charge in [-0.05, 0) is 51.5 Å². The zero-order chi connectivity index (χ0) is 18.9. The Morgan fingerprint density at radius 3 is 2.52 bits per heavy atom. The first-order valence-electron chi connectivity index (χ1n) is 9.14. The van der Waals surface area contributed by atoms with Crippen molar-refractivity contribution in [2.45, 2.75) is 78.3 Å². The normalized spacial score (nSPS) is 42.9. The summed E-state index contributed by atoms with van der Waals surface area (Å²) in [4.78, 5) is 25.0. The molecule has 5 heteroatoms. The van der Waals surface area contributed by atoms with E-state index in [4.69, 9.17) is 9.47 Å². The number of hydrogen-bond acceptors (Lipinski definition) is 5. The molecule has 7 unspecified atom stereocenters. The topological polar surface area (TPSA) is 72.8 Å². The van der Waals surface area contributed by atoms with E-state index < -0.39 is 29.7 Å².